The van der Waals surface area contributed by atoms with Gasteiger partial charge in [-0.25, -0.2) is 0 Å². The molecule has 1 aromatic heterocycles. The second kappa shape index (κ2) is 4.50. The Morgan fingerprint density at radius 1 is 1.55 bits per heavy atom. The molecule has 1 rings (SSSR count). The fraction of sp³-hybridized carbons (Fsp3) is 0.286. The molecule has 0 unspecified atom stereocenters. The van der Waals surface area contributed by atoms with Crippen LogP contribution in [0.15, 0.2) is 23.1 Å². The summed E-state index contributed by atoms with van der Waals surface area (Å²) in [6.07, 6.45) is 2.69. The molecule has 11 heavy (non-hydrogen) atoms. The van der Waals surface area contributed by atoms with E-state index in [9.17, 15) is 4.79 Å². The van der Waals surface area contributed by atoms with E-state index in [1.807, 2.05) is 6.07 Å². The minimum absolute atomic E-state index is 0.0452. The number of nitrogens with one attached hydrogen (secondary N) is 2. The van der Waals surface area contributed by atoms with Crippen LogP contribution in [-0.4, -0.2) is 11.5 Å². The number of halogens is 1. The number of hydrogen-bond donors (Lipinski definition) is 2. The van der Waals surface area contributed by atoms with Gasteiger partial charge in [-0.2, -0.15) is 0 Å². The van der Waals surface area contributed by atoms with Gasteiger partial charge in [-0.15, -0.1) is 0 Å². The molecule has 0 atom stereocenters. The van der Waals surface area contributed by atoms with E-state index in [1.54, 1.807) is 12.3 Å². The molecule has 60 valence electrons. The maximum Gasteiger partial charge on any atom is 0.247 e. The molecule has 0 aromatic carbocycles. The van der Waals surface area contributed by atoms with Gasteiger partial charge in [0, 0.05) is 41.7 Å². The first kappa shape index (κ1) is 8.73. The number of aromatic amines is 1. The number of rotatable bonds is 3. The zero-order chi connectivity index (χ0) is 8.10. The summed E-state index contributed by atoms with van der Waals surface area (Å²) in [6.45, 7) is 0.923. The summed E-state index contributed by atoms with van der Waals surface area (Å²) in [5.41, 5.74) is 1.10. The zero-order valence-electron chi connectivity index (χ0n) is 5.93. The van der Waals surface area contributed by atoms with Crippen LogP contribution in [0.5, 0.6) is 0 Å². The van der Waals surface area contributed by atoms with Crippen LogP contribution in [0.4, 0.5) is 0 Å². The van der Waals surface area contributed by atoms with Crippen LogP contribution in [0, 0.1) is 0 Å². The van der Waals surface area contributed by atoms with Crippen LogP contribution < -0.4 is 9.09 Å². The molecular formula is C7H9IN2O. The highest BCUT2D eigenvalue weighted by molar-refractivity contribution is 14.1. The fourth-order valence-corrected chi connectivity index (χ4v) is 1.06. The summed E-state index contributed by atoms with van der Waals surface area (Å²) in [4.78, 5) is 13.2. The SMILES string of the molecule is O=c1ccc(CCNI)c[nH]1. The molecule has 0 aliphatic heterocycles. The van der Waals surface area contributed by atoms with Gasteiger partial charge < -0.3 is 4.98 Å². The molecule has 3 nitrogen and oxygen atoms in total. The van der Waals surface area contributed by atoms with Crippen LogP contribution in [0.25, 0.3) is 0 Å². The normalized spacial score (nSPS) is 9.91. The highest BCUT2D eigenvalue weighted by atomic mass is 127. The zero-order valence-corrected chi connectivity index (χ0v) is 8.09. The Balaban J connectivity index is 2.59. The van der Waals surface area contributed by atoms with Gasteiger partial charge >= 0.3 is 0 Å². The molecule has 0 bridgehead atoms. The van der Waals surface area contributed by atoms with Crippen molar-refractivity contribution in [3.63, 3.8) is 0 Å². The molecule has 4 heteroatoms. The quantitative estimate of drug-likeness (QED) is 0.628. The Kier molecular flexibility index (Phi) is 3.58. The molecule has 1 heterocycles. The second-order valence-electron chi connectivity index (χ2n) is 2.19. The average Bonchev–Trinajstić information content (AvgIpc) is 2.04. The minimum atomic E-state index is -0.0452. The van der Waals surface area contributed by atoms with Gasteiger partial charge in [0.2, 0.25) is 5.56 Å². The van der Waals surface area contributed by atoms with Gasteiger partial charge in [0.1, 0.15) is 0 Å². The lowest BCUT2D eigenvalue weighted by Crippen LogP contribution is -2.07. The first-order chi connectivity index (χ1) is 5.33. The van der Waals surface area contributed by atoms with Gasteiger partial charge in [0.15, 0.2) is 0 Å². The Morgan fingerprint density at radius 2 is 2.36 bits per heavy atom. The van der Waals surface area contributed by atoms with Gasteiger partial charge in [-0.05, 0) is 12.0 Å². The topological polar surface area (TPSA) is 44.9 Å². The number of aromatic nitrogens is 1. The molecule has 0 aliphatic rings. The van der Waals surface area contributed by atoms with E-state index in [0.29, 0.717) is 0 Å². The van der Waals surface area contributed by atoms with Crippen LogP contribution in [0.1, 0.15) is 5.56 Å². The van der Waals surface area contributed by atoms with Crippen LogP contribution >= 0.6 is 22.9 Å². The maximum absolute atomic E-state index is 10.6. The molecule has 2 N–H and O–H groups in total. The third kappa shape index (κ3) is 3.02. The second-order valence-corrected chi connectivity index (χ2v) is 2.96. The molecule has 0 aliphatic carbocycles. The number of H-pyrrole nitrogens is 1. The number of hydrogen-bond acceptors (Lipinski definition) is 2. The minimum Gasteiger partial charge on any atom is -0.329 e. The summed E-state index contributed by atoms with van der Waals surface area (Å²) < 4.78 is 3.01. The highest BCUT2D eigenvalue weighted by Crippen LogP contribution is 1.93. The van der Waals surface area contributed by atoms with Crippen molar-refractivity contribution in [3.8, 4) is 0 Å². The summed E-state index contributed by atoms with van der Waals surface area (Å²) in [6, 6.07) is 3.38. The van der Waals surface area contributed by atoms with E-state index in [0.717, 1.165) is 18.5 Å². The van der Waals surface area contributed by atoms with Crippen molar-refractivity contribution in [2.75, 3.05) is 6.54 Å². The number of pyridine rings is 1. The summed E-state index contributed by atoms with van der Waals surface area (Å²) >= 11 is 2.10. The van der Waals surface area contributed by atoms with Crippen LogP contribution in [0.3, 0.4) is 0 Å². The average molecular weight is 264 g/mol. The van der Waals surface area contributed by atoms with E-state index < -0.39 is 0 Å². The summed E-state index contributed by atoms with van der Waals surface area (Å²) in [7, 11) is 0. The van der Waals surface area contributed by atoms with Crippen molar-refractivity contribution in [1.82, 2.24) is 8.51 Å². The van der Waals surface area contributed by atoms with Gasteiger partial charge in [-0.3, -0.25) is 8.32 Å². The predicted molar refractivity (Wildman–Crippen MR) is 52.8 cm³/mol. The van der Waals surface area contributed by atoms with Crippen molar-refractivity contribution in [2.45, 2.75) is 6.42 Å². The summed E-state index contributed by atoms with van der Waals surface area (Å²) in [5, 5.41) is 0. The smallest absolute Gasteiger partial charge is 0.247 e. The Bertz CT molecular complexity index is 251. The third-order valence-electron chi connectivity index (χ3n) is 1.36. The summed E-state index contributed by atoms with van der Waals surface area (Å²) in [5.74, 6) is 0. The van der Waals surface area contributed by atoms with Crippen molar-refractivity contribution < 1.29 is 0 Å². The molecule has 0 fully saturated rings. The molecule has 0 radical (unpaired) electrons. The van der Waals surface area contributed by atoms with Gasteiger partial charge in [0.05, 0.1) is 0 Å². The highest BCUT2D eigenvalue weighted by Gasteiger charge is 1.90. The molecule has 0 saturated carbocycles. The van der Waals surface area contributed by atoms with Crippen LogP contribution in [-0.2, 0) is 6.42 Å². The van der Waals surface area contributed by atoms with Crippen LogP contribution in [0.2, 0.25) is 0 Å². The Morgan fingerprint density at radius 3 is 2.91 bits per heavy atom. The lowest BCUT2D eigenvalue weighted by molar-refractivity contribution is 0.922. The monoisotopic (exact) mass is 264 g/mol. The van der Waals surface area contributed by atoms with E-state index in [1.165, 1.54) is 0 Å². The fourth-order valence-electron chi connectivity index (χ4n) is 0.790. The predicted octanol–water partition coefficient (Wildman–Crippen LogP) is 0.857. The third-order valence-corrected chi connectivity index (χ3v) is 1.90. The molecule has 0 saturated heterocycles. The van der Waals surface area contributed by atoms with E-state index in [-0.39, 0.29) is 5.56 Å². The molecule has 0 amide bonds. The molecule has 0 spiro atoms. The van der Waals surface area contributed by atoms with E-state index in [2.05, 4.69) is 31.4 Å². The Hall–Kier alpha value is -0.360. The van der Waals surface area contributed by atoms with Gasteiger partial charge in [-0.1, -0.05) is 6.07 Å². The first-order valence-corrected chi connectivity index (χ1v) is 4.42. The van der Waals surface area contributed by atoms with E-state index in [4.69, 9.17) is 0 Å². The molecule has 1 aromatic rings. The van der Waals surface area contributed by atoms with Crippen molar-refractivity contribution in [2.24, 2.45) is 0 Å². The lowest BCUT2D eigenvalue weighted by Gasteiger charge is -1.96. The Labute approximate surface area is 78.7 Å². The largest absolute Gasteiger partial charge is 0.329 e. The molecular weight excluding hydrogens is 255 g/mol. The van der Waals surface area contributed by atoms with Crippen molar-refractivity contribution in [3.05, 3.63) is 34.2 Å². The standard InChI is InChI=1S/C7H9IN2O/c8-10-4-3-6-1-2-7(11)9-5-6/h1-2,5,10H,3-4H2,(H,9,11). The maximum atomic E-state index is 10.6. The van der Waals surface area contributed by atoms with Gasteiger partial charge in [0.25, 0.3) is 0 Å². The lowest BCUT2D eigenvalue weighted by atomic mass is 10.2. The van der Waals surface area contributed by atoms with Crippen molar-refractivity contribution in [1.29, 1.82) is 0 Å². The van der Waals surface area contributed by atoms with E-state index >= 15 is 0 Å². The first-order valence-electron chi connectivity index (χ1n) is 3.34. The van der Waals surface area contributed by atoms with Crippen molar-refractivity contribution >= 4 is 22.9 Å².